The van der Waals surface area contributed by atoms with Crippen LogP contribution in [0.25, 0.3) is 22.4 Å². The molecule has 1 saturated heterocycles. The Bertz CT molecular complexity index is 1250. The summed E-state index contributed by atoms with van der Waals surface area (Å²) >= 11 is 16.9. The number of rotatable bonds is 6. The van der Waals surface area contributed by atoms with Crippen LogP contribution in [0.3, 0.4) is 0 Å². The minimum Gasteiger partial charge on any atom is -0.474 e. The lowest BCUT2D eigenvalue weighted by atomic mass is 9.98. The van der Waals surface area contributed by atoms with Crippen molar-refractivity contribution in [3.05, 3.63) is 60.2 Å². The molecule has 11 heteroatoms. The fourth-order valence-electron chi connectivity index (χ4n) is 4.04. The van der Waals surface area contributed by atoms with Crippen LogP contribution in [0, 0.1) is 12.7 Å². The van der Waals surface area contributed by atoms with Gasteiger partial charge in [0.15, 0.2) is 0 Å². The molecule has 3 aromatic rings. The summed E-state index contributed by atoms with van der Waals surface area (Å²) in [7, 11) is 2.09. The first-order chi connectivity index (χ1) is 17.6. The van der Waals surface area contributed by atoms with Crippen molar-refractivity contribution in [3.8, 4) is 28.3 Å². The van der Waals surface area contributed by atoms with Gasteiger partial charge in [0.25, 0.3) is 0 Å². The highest BCUT2D eigenvalue weighted by Gasteiger charge is 2.23. The Kier molecular flexibility index (Phi) is 8.75. The average molecular weight is 568 g/mol. The molecule has 37 heavy (non-hydrogen) atoms. The second-order valence-electron chi connectivity index (χ2n) is 8.90. The van der Waals surface area contributed by atoms with Crippen LogP contribution in [0.1, 0.15) is 18.4 Å². The minimum atomic E-state index is -1.78. The van der Waals surface area contributed by atoms with Gasteiger partial charge >= 0.3 is 6.09 Å². The molecule has 1 aromatic carbocycles. The molecule has 1 aliphatic rings. The molecule has 1 aliphatic heterocycles. The van der Waals surface area contributed by atoms with Gasteiger partial charge in [-0.15, -0.1) is 0 Å². The lowest BCUT2D eigenvalue weighted by molar-refractivity contribution is 0.110. The topological polar surface area (TPSA) is 76.6 Å². The molecule has 196 valence electrons. The van der Waals surface area contributed by atoms with Gasteiger partial charge in [0.2, 0.25) is 9.67 Å². The van der Waals surface area contributed by atoms with Crippen LogP contribution in [0.5, 0.6) is 5.88 Å². The van der Waals surface area contributed by atoms with Gasteiger partial charge < -0.3 is 14.4 Å². The van der Waals surface area contributed by atoms with E-state index in [1.165, 1.54) is 12.1 Å². The smallest absolute Gasteiger partial charge is 0.411 e. The van der Waals surface area contributed by atoms with Crippen LogP contribution in [-0.2, 0) is 4.74 Å². The Labute approximate surface area is 229 Å². The van der Waals surface area contributed by atoms with Gasteiger partial charge in [-0.05, 0) is 73.8 Å². The van der Waals surface area contributed by atoms with Crippen LogP contribution in [0.4, 0.5) is 14.9 Å². The maximum absolute atomic E-state index is 14.7. The molecule has 0 bridgehead atoms. The molecule has 0 atom stereocenters. The predicted octanol–water partition coefficient (Wildman–Crippen LogP) is 6.65. The van der Waals surface area contributed by atoms with E-state index in [2.05, 4.69) is 22.2 Å². The van der Waals surface area contributed by atoms with E-state index in [9.17, 15) is 9.18 Å². The van der Waals surface area contributed by atoms with E-state index >= 15 is 0 Å². The van der Waals surface area contributed by atoms with Crippen LogP contribution < -0.4 is 10.1 Å². The molecular formula is C26H26Cl3FN4O3. The van der Waals surface area contributed by atoms with Gasteiger partial charge in [0.1, 0.15) is 18.5 Å². The van der Waals surface area contributed by atoms with Crippen molar-refractivity contribution in [1.82, 2.24) is 14.9 Å². The summed E-state index contributed by atoms with van der Waals surface area (Å²) in [6, 6.07) is 10.3. The van der Waals surface area contributed by atoms with E-state index in [1.807, 2.05) is 24.3 Å². The Morgan fingerprint density at radius 3 is 2.51 bits per heavy atom. The molecule has 1 N–H and O–H groups in total. The number of hydrogen-bond donors (Lipinski definition) is 1. The molecule has 7 nitrogen and oxygen atoms in total. The number of ether oxygens (including phenoxy) is 2. The number of aromatic nitrogens is 2. The third kappa shape index (κ3) is 7.68. The Hall–Kier alpha value is -2.65. The number of carbonyl (C=O) groups is 1. The van der Waals surface area contributed by atoms with E-state index in [4.69, 9.17) is 49.3 Å². The number of aryl methyl sites for hydroxylation is 1. The van der Waals surface area contributed by atoms with Crippen molar-refractivity contribution in [2.24, 2.45) is 0 Å². The summed E-state index contributed by atoms with van der Waals surface area (Å²) < 4.78 is 24.1. The minimum absolute atomic E-state index is 0.0449. The van der Waals surface area contributed by atoms with E-state index in [0.717, 1.165) is 37.1 Å². The number of benzene rings is 1. The molecule has 4 rings (SSSR count). The normalized spacial score (nSPS) is 14.9. The highest BCUT2D eigenvalue weighted by molar-refractivity contribution is 6.67. The molecule has 1 fully saturated rings. The number of hydrogen-bond acceptors (Lipinski definition) is 6. The molecular weight excluding hydrogens is 542 g/mol. The molecule has 0 radical (unpaired) electrons. The Morgan fingerprint density at radius 1 is 1.14 bits per heavy atom. The zero-order valence-corrected chi connectivity index (χ0v) is 22.6. The van der Waals surface area contributed by atoms with Crippen LogP contribution in [-0.4, -0.2) is 57.6 Å². The second kappa shape index (κ2) is 11.8. The molecule has 1 amide bonds. The third-order valence-corrected chi connectivity index (χ3v) is 6.29. The number of nitrogens with zero attached hydrogens (tertiary/aromatic N) is 3. The van der Waals surface area contributed by atoms with Gasteiger partial charge in [0.05, 0.1) is 11.4 Å². The highest BCUT2D eigenvalue weighted by Crippen LogP contribution is 2.34. The maximum Gasteiger partial charge on any atom is 0.411 e. The van der Waals surface area contributed by atoms with Gasteiger partial charge in [-0.3, -0.25) is 10.3 Å². The predicted molar refractivity (Wildman–Crippen MR) is 144 cm³/mol. The Morgan fingerprint density at radius 2 is 1.84 bits per heavy atom. The number of pyridine rings is 2. The lowest BCUT2D eigenvalue weighted by Crippen LogP contribution is -2.35. The quantitative estimate of drug-likeness (QED) is 0.336. The first-order valence-corrected chi connectivity index (χ1v) is 12.8. The number of likely N-dealkylation sites (tertiary alicyclic amines) is 1. The van der Waals surface area contributed by atoms with Crippen LogP contribution >= 0.6 is 34.8 Å². The number of amides is 1. The van der Waals surface area contributed by atoms with Crippen molar-refractivity contribution in [3.63, 3.8) is 0 Å². The maximum atomic E-state index is 14.7. The number of alkyl halides is 3. The van der Waals surface area contributed by atoms with Crippen molar-refractivity contribution in [1.29, 1.82) is 0 Å². The standard InChI is InChI=1S/C26H26Cl3FN4O3/c1-16-11-21(30)23(33-25(35)36-15-26(27,28)29)14-20(16)18-12-22(17-3-7-31-8-4-17)32-24(13-18)37-19-5-9-34(2)10-6-19/h3-4,7-8,11-14,19H,5-6,9-10,15H2,1-2H3,(H,33,35). The lowest BCUT2D eigenvalue weighted by Gasteiger charge is -2.29. The van der Waals surface area contributed by atoms with E-state index in [-0.39, 0.29) is 11.8 Å². The van der Waals surface area contributed by atoms with Crippen molar-refractivity contribution >= 4 is 46.6 Å². The van der Waals surface area contributed by atoms with Gasteiger partial charge in [-0.1, -0.05) is 34.8 Å². The van der Waals surface area contributed by atoms with Crippen molar-refractivity contribution < 1.29 is 18.7 Å². The zero-order chi connectivity index (χ0) is 26.6. The number of piperidine rings is 1. The third-order valence-electron chi connectivity index (χ3n) is 5.96. The van der Waals surface area contributed by atoms with Gasteiger partial charge in [-0.25, -0.2) is 14.2 Å². The first kappa shape index (κ1) is 27.4. The monoisotopic (exact) mass is 566 g/mol. The number of carbonyl (C=O) groups excluding carboxylic acids is 1. The first-order valence-electron chi connectivity index (χ1n) is 11.7. The highest BCUT2D eigenvalue weighted by atomic mass is 35.6. The van der Waals surface area contributed by atoms with E-state index in [0.29, 0.717) is 22.7 Å². The van der Waals surface area contributed by atoms with Gasteiger partial charge in [0, 0.05) is 37.1 Å². The summed E-state index contributed by atoms with van der Waals surface area (Å²) in [4.78, 5) is 23.3. The molecule has 3 heterocycles. The molecule has 0 unspecified atom stereocenters. The summed E-state index contributed by atoms with van der Waals surface area (Å²) in [5.74, 6) is -0.155. The number of nitrogens with one attached hydrogen (secondary N) is 1. The fraction of sp³-hybridized carbons (Fsp3) is 0.346. The largest absolute Gasteiger partial charge is 0.474 e. The summed E-state index contributed by atoms with van der Waals surface area (Å²) in [5, 5.41) is 2.38. The average Bonchev–Trinajstić information content (AvgIpc) is 2.86. The SMILES string of the molecule is Cc1cc(F)c(NC(=O)OCC(Cl)(Cl)Cl)cc1-c1cc(OC2CCN(C)CC2)nc(-c2ccncc2)c1. The van der Waals surface area contributed by atoms with Crippen molar-refractivity contribution in [2.45, 2.75) is 29.7 Å². The summed E-state index contributed by atoms with van der Waals surface area (Å²) in [6.07, 6.45) is 4.27. The molecule has 0 aliphatic carbocycles. The van der Waals surface area contributed by atoms with Gasteiger partial charge in [-0.2, -0.15) is 0 Å². The molecule has 2 aromatic heterocycles. The zero-order valence-electron chi connectivity index (χ0n) is 20.3. The second-order valence-corrected chi connectivity index (χ2v) is 11.4. The van der Waals surface area contributed by atoms with Crippen molar-refractivity contribution in [2.75, 3.05) is 32.1 Å². The van der Waals surface area contributed by atoms with E-state index in [1.54, 1.807) is 19.3 Å². The Balaban J connectivity index is 1.68. The summed E-state index contributed by atoms with van der Waals surface area (Å²) in [6.45, 7) is 3.19. The van der Waals surface area contributed by atoms with Crippen LogP contribution in [0.2, 0.25) is 0 Å². The number of anilines is 1. The number of halogens is 4. The molecule has 0 saturated carbocycles. The van der Waals surface area contributed by atoms with E-state index < -0.39 is 22.3 Å². The summed E-state index contributed by atoms with van der Waals surface area (Å²) in [5.41, 5.74) is 3.57. The molecule has 0 spiro atoms. The fourth-order valence-corrected chi connectivity index (χ4v) is 4.20. The van der Waals surface area contributed by atoms with Crippen LogP contribution in [0.15, 0.2) is 48.8 Å².